The molecule has 11 heteroatoms. The Morgan fingerprint density at radius 3 is 2.51 bits per heavy atom. The first-order valence-electron chi connectivity index (χ1n) is 12.4. The third kappa shape index (κ3) is 7.20. The van der Waals surface area contributed by atoms with Gasteiger partial charge in [-0.2, -0.15) is 5.10 Å². The average molecular weight is 539 g/mol. The van der Waals surface area contributed by atoms with Gasteiger partial charge in [-0.05, 0) is 44.4 Å². The largest absolute Gasteiger partial charge is 0.492 e. The summed E-state index contributed by atoms with van der Waals surface area (Å²) in [5, 5.41) is 13.1. The fourth-order valence-electron chi connectivity index (χ4n) is 3.67. The molecule has 2 amide bonds. The number of rotatable bonds is 8. The summed E-state index contributed by atoms with van der Waals surface area (Å²) in [4.78, 5) is 14.3. The van der Waals surface area contributed by atoms with Gasteiger partial charge in [-0.3, -0.25) is 10.7 Å². The van der Waals surface area contributed by atoms with Crippen molar-refractivity contribution < 1.29 is 22.8 Å². The average Bonchev–Trinajstić information content (AvgIpc) is 3.34. The van der Waals surface area contributed by atoms with Gasteiger partial charge in [0.15, 0.2) is 5.82 Å². The van der Waals surface area contributed by atoms with E-state index in [-0.39, 0.29) is 16.9 Å². The number of carbonyl (C=O) groups is 1. The molecule has 0 fully saturated rings. The number of halogens is 2. The predicted octanol–water partition coefficient (Wildman–Crippen LogP) is 5.44. The molecular formula is C28H32F2N6O3. The van der Waals surface area contributed by atoms with Gasteiger partial charge in [0.05, 0.1) is 17.4 Å². The molecule has 1 aromatic heterocycles. The molecular weight excluding hydrogens is 506 g/mol. The Morgan fingerprint density at radius 1 is 1.10 bits per heavy atom. The fourth-order valence-corrected chi connectivity index (χ4v) is 3.67. The van der Waals surface area contributed by atoms with E-state index in [1.54, 1.807) is 36.4 Å². The minimum absolute atomic E-state index is 0.0167. The molecule has 2 aromatic carbocycles. The van der Waals surface area contributed by atoms with Crippen LogP contribution in [0.4, 0.5) is 25.1 Å². The number of hydrogen-bond acceptors (Lipinski definition) is 7. The summed E-state index contributed by atoms with van der Waals surface area (Å²) in [6.07, 6.45) is 3.43. The van der Waals surface area contributed by atoms with E-state index in [1.807, 2.05) is 39.8 Å². The summed E-state index contributed by atoms with van der Waals surface area (Å²) in [6, 6.07) is 9.50. The Balaban J connectivity index is 1.35. The molecule has 3 N–H and O–H groups in total. The van der Waals surface area contributed by atoms with E-state index in [1.165, 1.54) is 18.2 Å². The molecule has 1 atom stereocenters. The van der Waals surface area contributed by atoms with Gasteiger partial charge in [0, 0.05) is 35.2 Å². The van der Waals surface area contributed by atoms with Crippen LogP contribution in [-0.4, -0.2) is 49.0 Å². The molecule has 206 valence electrons. The molecule has 1 aliphatic rings. The number of benzene rings is 2. The van der Waals surface area contributed by atoms with Gasteiger partial charge in [-0.1, -0.05) is 38.1 Å². The molecule has 0 bridgehead atoms. The van der Waals surface area contributed by atoms with Crippen LogP contribution in [0, 0.1) is 11.6 Å². The van der Waals surface area contributed by atoms with Crippen molar-refractivity contribution in [1.82, 2.24) is 15.5 Å². The van der Waals surface area contributed by atoms with Crippen LogP contribution in [0.25, 0.3) is 0 Å². The van der Waals surface area contributed by atoms with E-state index in [2.05, 4.69) is 26.3 Å². The van der Waals surface area contributed by atoms with Crippen molar-refractivity contribution in [3.8, 4) is 5.75 Å². The number of ether oxygens (including phenoxy) is 1. The number of nitrogens with one attached hydrogen (secondary N) is 3. The lowest BCUT2D eigenvalue weighted by atomic mass is 9.93. The van der Waals surface area contributed by atoms with Crippen LogP contribution in [0.15, 0.2) is 64.2 Å². The molecule has 1 unspecified atom stereocenters. The molecule has 4 rings (SSSR count). The van der Waals surface area contributed by atoms with E-state index in [0.29, 0.717) is 35.0 Å². The molecule has 3 aromatic rings. The van der Waals surface area contributed by atoms with Crippen molar-refractivity contribution in [2.24, 2.45) is 5.10 Å². The SMILES string of the molecule is CN(C)CCOc1ccc(C2C=CC(c3ccc(NC(=O)Nc4cc(C(C)(C)C)on4)c(F)c3)=NN2)c(F)c1. The summed E-state index contributed by atoms with van der Waals surface area (Å²) < 4.78 is 40.3. The molecule has 2 heterocycles. The van der Waals surface area contributed by atoms with Crippen LogP contribution in [0.5, 0.6) is 5.75 Å². The Morgan fingerprint density at radius 2 is 1.90 bits per heavy atom. The lowest BCUT2D eigenvalue weighted by Crippen LogP contribution is -2.22. The highest BCUT2D eigenvalue weighted by molar-refractivity contribution is 6.09. The third-order valence-corrected chi connectivity index (χ3v) is 5.89. The summed E-state index contributed by atoms with van der Waals surface area (Å²) in [5.74, 6) is 0.218. The minimum Gasteiger partial charge on any atom is -0.492 e. The highest BCUT2D eigenvalue weighted by atomic mass is 19.1. The minimum atomic E-state index is -0.661. The number of aromatic nitrogens is 1. The molecule has 0 saturated heterocycles. The first-order valence-corrected chi connectivity index (χ1v) is 12.4. The van der Waals surface area contributed by atoms with Crippen molar-refractivity contribution in [1.29, 1.82) is 0 Å². The highest BCUT2D eigenvalue weighted by Crippen LogP contribution is 2.27. The molecule has 9 nitrogen and oxygen atoms in total. The Hall–Kier alpha value is -4.25. The monoisotopic (exact) mass is 538 g/mol. The zero-order valence-corrected chi connectivity index (χ0v) is 22.5. The van der Waals surface area contributed by atoms with E-state index in [9.17, 15) is 13.6 Å². The number of anilines is 2. The summed E-state index contributed by atoms with van der Waals surface area (Å²) in [6.45, 7) is 7.04. The first-order chi connectivity index (χ1) is 18.5. The zero-order chi connectivity index (χ0) is 28.2. The predicted molar refractivity (Wildman–Crippen MR) is 146 cm³/mol. The van der Waals surface area contributed by atoms with Gasteiger partial charge in [0.2, 0.25) is 0 Å². The molecule has 0 spiro atoms. The van der Waals surface area contributed by atoms with Crippen LogP contribution in [0.1, 0.15) is 43.7 Å². The van der Waals surface area contributed by atoms with E-state index in [4.69, 9.17) is 9.26 Å². The van der Waals surface area contributed by atoms with Crippen molar-refractivity contribution in [2.75, 3.05) is 37.9 Å². The lowest BCUT2D eigenvalue weighted by Gasteiger charge is -2.19. The second kappa shape index (κ2) is 11.6. The molecule has 0 radical (unpaired) electrons. The highest BCUT2D eigenvalue weighted by Gasteiger charge is 2.21. The number of amides is 2. The maximum absolute atomic E-state index is 14.8. The van der Waals surface area contributed by atoms with Crippen LogP contribution < -0.4 is 20.8 Å². The molecule has 0 saturated carbocycles. The standard InChI is InChI=1S/C28H32F2N6O3/c1-28(2,3)25-16-26(35-39-25)32-27(37)31-24-9-6-17(14-21(24)30)22-10-11-23(34-33-22)19-8-7-18(15-20(19)29)38-13-12-36(4)5/h6-11,14-16,23,34H,12-13H2,1-5H3,(H2,31,32,35,37). The Kier molecular flexibility index (Phi) is 8.29. The van der Waals surface area contributed by atoms with Gasteiger partial charge in [-0.15, -0.1) is 0 Å². The van der Waals surface area contributed by atoms with Crippen LogP contribution in [0.3, 0.4) is 0 Å². The zero-order valence-electron chi connectivity index (χ0n) is 22.5. The number of hydrogen-bond donors (Lipinski definition) is 3. The van der Waals surface area contributed by atoms with Gasteiger partial charge in [-0.25, -0.2) is 13.6 Å². The van der Waals surface area contributed by atoms with Crippen LogP contribution in [0.2, 0.25) is 0 Å². The van der Waals surface area contributed by atoms with Crippen LogP contribution >= 0.6 is 0 Å². The summed E-state index contributed by atoms with van der Waals surface area (Å²) in [5.41, 5.74) is 3.97. The van der Waals surface area contributed by atoms with Gasteiger partial charge >= 0.3 is 6.03 Å². The van der Waals surface area contributed by atoms with E-state index in [0.717, 1.165) is 6.54 Å². The smallest absolute Gasteiger partial charge is 0.325 e. The number of nitrogens with zero attached hydrogens (tertiary/aromatic N) is 3. The quantitative estimate of drug-likeness (QED) is 0.353. The van der Waals surface area contributed by atoms with E-state index < -0.39 is 23.7 Å². The summed E-state index contributed by atoms with van der Waals surface area (Å²) >= 11 is 0. The van der Waals surface area contributed by atoms with Gasteiger partial charge < -0.3 is 19.5 Å². The first kappa shape index (κ1) is 27.8. The number of hydrazone groups is 1. The molecule has 1 aliphatic heterocycles. The number of urea groups is 1. The van der Waals surface area contributed by atoms with E-state index >= 15 is 0 Å². The van der Waals surface area contributed by atoms with Crippen LogP contribution in [-0.2, 0) is 5.41 Å². The number of likely N-dealkylation sites (N-methyl/N-ethyl adjacent to an activating group) is 1. The second-order valence-electron chi connectivity index (χ2n) is 10.4. The number of allylic oxidation sites excluding steroid dienone is 1. The van der Waals surface area contributed by atoms with Crippen molar-refractivity contribution in [3.05, 3.63) is 83.1 Å². The maximum atomic E-state index is 14.8. The van der Waals surface area contributed by atoms with Crippen molar-refractivity contribution >= 4 is 23.2 Å². The third-order valence-electron chi connectivity index (χ3n) is 5.89. The Bertz CT molecular complexity index is 1390. The number of carbonyl (C=O) groups excluding carboxylic acids is 1. The van der Waals surface area contributed by atoms with Crippen molar-refractivity contribution in [2.45, 2.75) is 32.2 Å². The van der Waals surface area contributed by atoms with Gasteiger partial charge in [0.1, 0.15) is 29.8 Å². The lowest BCUT2D eigenvalue weighted by molar-refractivity contribution is 0.260. The second-order valence-corrected chi connectivity index (χ2v) is 10.4. The Labute approximate surface area is 225 Å². The van der Waals surface area contributed by atoms with Gasteiger partial charge in [0.25, 0.3) is 0 Å². The normalized spacial score (nSPS) is 15.1. The molecule has 0 aliphatic carbocycles. The topological polar surface area (TPSA) is 104 Å². The maximum Gasteiger partial charge on any atom is 0.325 e. The van der Waals surface area contributed by atoms with Crippen molar-refractivity contribution in [3.63, 3.8) is 0 Å². The molecule has 39 heavy (non-hydrogen) atoms. The summed E-state index contributed by atoms with van der Waals surface area (Å²) in [7, 11) is 3.87. The fraction of sp³-hybridized carbons (Fsp3) is 0.321.